The van der Waals surface area contributed by atoms with E-state index in [2.05, 4.69) is 26.0 Å². The molecule has 0 bridgehead atoms. The Bertz CT molecular complexity index is 508. The first-order valence-electron chi connectivity index (χ1n) is 8.71. The molecule has 2 N–H and O–H groups in total. The molecule has 2 saturated carbocycles. The number of aliphatic hydroxyl groups excluding tert-OH is 2. The summed E-state index contributed by atoms with van der Waals surface area (Å²) >= 11 is 0. The molecule has 0 saturated heterocycles. The van der Waals surface area contributed by atoms with Crippen LogP contribution in [0.1, 0.15) is 52.4 Å². The van der Waals surface area contributed by atoms with Gasteiger partial charge in [0.05, 0.1) is 12.2 Å². The summed E-state index contributed by atoms with van der Waals surface area (Å²) in [6.45, 7) is 4.79. The van der Waals surface area contributed by atoms with Crippen LogP contribution in [0.2, 0.25) is 0 Å². The zero-order valence-corrected chi connectivity index (χ0v) is 13.3. The third-order valence-electron chi connectivity index (χ3n) is 7.44. The third-order valence-corrected chi connectivity index (χ3v) is 7.44. The quantitative estimate of drug-likeness (QED) is 0.670. The number of rotatable bonds is 0. The van der Waals surface area contributed by atoms with Crippen LogP contribution in [0.15, 0.2) is 23.8 Å². The fourth-order valence-electron chi connectivity index (χ4n) is 6.22. The molecule has 0 heterocycles. The van der Waals surface area contributed by atoms with E-state index in [1.807, 2.05) is 6.08 Å². The fraction of sp³-hybridized carbons (Fsp3) is 0.789. The summed E-state index contributed by atoms with van der Waals surface area (Å²) in [6.07, 6.45) is 12.9. The van der Waals surface area contributed by atoms with Crippen LogP contribution in [-0.2, 0) is 0 Å². The van der Waals surface area contributed by atoms with Crippen molar-refractivity contribution in [1.29, 1.82) is 0 Å². The van der Waals surface area contributed by atoms with Gasteiger partial charge in [-0.3, -0.25) is 0 Å². The van der Waals surface area contributed by atoms with Gasteiger partial charge < -0.3 is 10.2 Å². The number of fused-ring (bicyclic) bond motifs is 5. The molecule has 0 aliphatic heterocycles. The SMILES string of the molecule is C[C@@]12CCC[C@H]1[C@@H]1[C@@H](O)C=C3C[C@@H](O)C=C[C@]3(C)[C@H]1CC2. The van der Waals surface area contributed by atoms with Crippen LogP contribution in [0.4, 0.5) is 0 Å². The number of allylic oxidation sites excluding steroid dienone is 1. The Hall–Kier alpha value is -0.600. The molecule has 0 amide bonds. The molecule has 0 aromatic heterocycles. The van der Waals surface area contributed by atoms with Crippen LogP contribution in [-0.4, -0.2) is 22.4 Å². The molecule has 2 nitrogen and oxygen atoms in total. The van der Waals surface area contributed by atoms with Crippen LogP contribution < -0.4 is 0 Å². The van der Waals surface area contributed by atoms with E-state index in [9.17, 15) is 10.2 Å². The van der Waals surface area contributed by atoms with Crippen LogP contribution in [0.5, 0.6) is 0 Å². The monoisotopic (exact) mass is 288 g/mol. The Kier molecular flexibility index (Phi) is 2.97. The minimum Gasteiger partial charge on any atom is -0.389 e. The molecule has 2 fully saturated rings. The van der Waals surface area contributed by atoms with Gasteiger partial charge in [-0.05, 0) is 55.3 Å². The van der Waals surface area contributed by atoms with Crippen molar-refractivity contribution in [3.05, 3.63) is 23.8 Å². The molecule has 2 heteroatoms. The molecule has 116 valence electrons. The Labute approximate surface area is 127 Å². The second-order valence-corrected chi connectivity index (χ2v) is 8.47. The van der Waals surface area contributed by atoms with Gasteiger partial charge in [0.2, 0.25) is 0 Å². The second kappa shape index (κ2) is 4.45. The van der Waals surface area contributed by atoms with Crippen molar-refractivity contribution in [3.8, 4) is 0 Å². The van der Waals surface area contributed by atoms with Crippen molar-refractivity contribution in [2.75, 3.05) is 0 Å². The van der Waals surface area contributed by atoms with Crippen molar-refractivity contribution in [2.24, 2.45) is 28.6 Å². The minimum absolute atomic E-state index is 0.0625. The van der Waals surface area contributed by atoms with Gasteiger partial charge in [-0.15, -0.1) is 0 Å². The largest absolute Gasteiger partial charge is 0.389 e. The molecule has 0 aromatic rings. The molecule has 4 aliphatic carbocycles. The molecule has 4 rings (SSSR count). The molecule has 0 aromatic carbocycles. The summed E-state index contributed by atoms with van der Waals surface area (Å²) < 4.78 is 0. The summed E-state index contributed by atoms with van der Waals surface area (Å²) in [5.74, 6) is 1.65. The summed E-state index contributed by atoms with van der Waals surface area (Å²) in [5.41, 5.74) is 1.79. The lowest BCUT2D eigenvalue weighted by Gasteiger charge is -2.57. The zero-order valence-electron chi connectivity index (χ0n) is 13.3. The highest BCUT2D eigenvalue weighted by Gasteiger charge is 2.57. The summed E-state index contributed by atoms with van der Waals surface area (Å²) in [4.78, 5) is 0. The van der Waals surface area contributed by atoms with Crippen LogP contribution in [0.3, 0.4) is 0 Å². The summed E-state index contributed by atoms with van der Waals surface area (Å²) in [6, 6.07) is 0. The topological polar surface area (TPSA) is 40.5 Å². The molecule has 0 spiro atoms. The minimum atomic E-state index is -0.367. The van der Waals surface area contributed by atoms with Gasteiger partial charge in [0.25, 0.3) is 0 Å². The fourth-order valence-corrected chi connectivity index (χ4v) is 6.22. The van der Waals surface area contributed by atoms with Crippen molar-refractivity contribution in [1.82, 2.24) is 0 Å². The van der Waals surface area contributed by atoms with Crippen LogP contribution in [0.25, 0.3) is 0 Å². The van der Waals surface area contributed by atoms with E-state index >= 15 is 0 Å². The van der Waals surface area contributed by atoms with E-state index in [4.69, 9.17) is 0 Å². The maximum atomic E-state index is 10.8. The van der Waals surface area contributed by atoms with Gasteiger partial charge in [-0.25, -0.2) is 0 Å². The highest BCUT2D eigenvalue weighted by molar-refractivity contribution is 5.34. The molecular weight excluding hydrogens is 260 g/mol. The first kappa shape index (κ1) is 14.0. The summed E-state index contributed by atoms with van der Waals surface area (Å²) in [5, 5.41) is 20.8. The molecule has 7 atom stereocenters. The van der Waals surface area contributed by atoms with E-state index in [1.165, 1.54) is 37.7 Å². The smallest absolute Gasteiger partial charge is 0.0758 e. The highest BCUT2D eigenvalue weighted by atomic mass is 16.3. The molecule has 0 radical (unpaired) electrons. The predicted molar refractivity (Wildman–Crippen MR) is 83.6 cm³/mol. The maximum Gasteiger partial charge on any atom is 0.0758 e. The van der Waals surface area contributed by atoms with Crippen molar-refractivity contribution < 1.29 is 10.2 Å². The van der Waals surface area contributed by atoms with Gasteiger partial charge in [-0.2, -0.15) is 0 Å². The number of aliphatic hydroxyl groups is 2. The zero-order chi connectivity index (χ0) is 14.8. The van der Waals surface area contributed by atoms with Crippen molar-refractivity contribution in [2.45, 2.75) is 64.6 Å². The van der Waals surface area contributed by atoms with Gasteiger partial charge in [0.15, 0.2) is 0 Å². The van der Waals surface area contributed by atoms with E-state index in [0.29, 0.717) is 29.6 Å². The highest BCUT2D eigenvalue weighted by Crippen LogP contribution is 2.63. The Morgan fingerprint density at radius 3 is 2.71 bits per heavy atom. The average molecular weight is 288 g/mol. The molecule has 0 unspecified atom stereocenters. The van der Waals surface area contributed by atoms with E-state index in [1.54, 1.807) is 0 Å². The lowest BCUT2D eigenvalue weighted by atomic mass is 9.48. The maximum absolute atomic E-state index is 10.8. The average Bonchev–Trinajstić information content (AvgIpc) is 2.82. The molecular formula is C19H28O2. The normalized spacial score (nSPS) is 55.4. The third kappa shape index (κ3) is 1.85. The van der Waals surface area contributed by atoms with Gasteiger partial charge in [0.1, 0.15) is 0 Å². The van der Waals surface area contributed by atoms with Crippen LogP contribution in [0, 0.1) is 28.6 Å². The number of hydrogen-bond donors (Lipinski definition) is 2. The molecule has 21 heavy (non-hydrogen) atoms. The standard InChI is InChI=1S/C19H28O2/c1-18-7-3-4-14(18)17-15(6-8-18)19(2)9-5-13(20)10-12(19)11-16(17)21/h5,9,11,13-17,20-21H,3-4,6-8,10H2,1-2H3/t13-,14-,15-,16-,17-,18-,19-/m0/s1. The van der Waals surface area contributed by atoms with E-state index < -0.39 is 0 Å². The van der Waals surface area contributed by atoms with Crippen molar-refractivity contribution in [3.63, 3.8) is 0 Å². The van der Waals surface area contributed by atoms with Crippen LogP contribution >= 0.6 is 0 Å². The molecule has 4 aliphatic rings. The lowest BCUT2D eigenvalue weighted by molar-refractivity contribution is -0.0617. The second-order valence-electron chi connectivity index (χ2n) is 8.47. The van der Waals surface area contributed by atoms with E-state index in [0.717, 1.165) is 0 Å². The Morgan fingerprint density at radius 2 is 1.90 bits per heavy atom. The Balaban J connectivity index is 1.77. The Morgan fingerprint density at radius 1 is 1.10 bits per heavy atom. The number of hydrogen-bond acceptors (Lipinski definition) is 2. The first-order valence-corrected chi connectivity index (χ1v) is 8.71. The van der Waals surface area contributed by atoms with Gasteiger partial charge in [0, 0.05) is 5.41 Å². The predicted octanol–water partition coefficient (Wildman–Crippen LogP) is 3.45. The van der Waals surface area contributed by atoms with Crippen molar-refractivity contribution >= 4 is 0 Å². The lowest BCUT2D eigenvalue weighted by Crippen LogP contribution is -2.52. The summed E-state index contributed by atoms with van der Waals surface area (Å²) in [7, 11) is 0. The first-order chi connectivity index (χ1) is 9.94. The van der Waals surface area contributed by atoms with E-state index in [-0.39, 0.29) is 17.6 Å². The van der Waals surface area contributed by atoms with Gasteiger partial charge in [-0.1, -0.05) is 44.1 Å². The van der Waals surface area contributed by atoms with Gasteiger partial charge >= 0.3 is 0 Å².